The van der Waals surface area contributed by atoms with Gasteiger partial charge in [-0.05, 0) is 18.9 Å². The third-order valence-electron chi connectivity index (χ3n) is 5.38. The van der Waals surface area contributed by atoms with Crippen molar-refractivity contribution >= 4 is 28.2 Å². The maximum absolute atomic E-state index is 12.5. The number of carbonyl (C=O) groups is 1. The average Bonchev–Trinajstić information content (AvgIpc) is 2.58. The van der Waals surface area contributed by atoms with Gasteiger partial charge < -0.3 is 15.8 Å². The maximum atomic E-state index is 12.5. The number of rotatable bonds is 9. The number of nitrogens with two attached hydrogens (primary N) is 1. The van der Waals surface area contributed by atoms with Crippen LogP contribution in [0.4, 0.5) is 0 Å². The molecule has 154 valence electrons. The van der Waals surface area contributed by atoms with E-state index >= 15 is 0 Å². The van der Waals surface area contributed by atoms with Crippen LogP contribution in [0.15, 0.2) is 30.3 Å². The number of halogens is 1. The van der Waals surface area contributed by atoms with E-state index in [1.165, 1.54) is 0 Å². The summed E-state index contributed by atoms with van der Waals surface area (Å²) in [7, 11) is -3.20. The molecule has 0 heterocycles. The fourth-order valence-corrected chi connectivity index (χ4v) is 4.80. The van der Waals surface area contributed by atoms with Gasteiger partial charge in [0.25, 0.3) is 0 Å². The molecule has 0 spiro atoms. The summed E-state index contributed by atoms with van der Waals surface area (Å²) in [5.41, 5.74) is 5.65. The third kappa shape index (κ3) is 5.44. The second kappa shape index (κ2) is 9.37. The van der Waals surface area contributed by atoms with E-state index in [1.54, 1.807) is 12.1 Å². The normalized spacial score (nSPS) is 23.8. The van der Waals surface area contributed by atoms with Crippen LogP contribution in [-0.4, -0.2) is 44.9 Å². The summed E-state index contributed by atoms with van der Waals surface area (Å²) in [6.07, 6.45) is 0.813. The SMILES string of the molecule is CCOC1CC(N)(C(=O)NCCCS(=O)(=O)Cc2ccccc2)C1(C)C.Cl. The lowest BCUT2D eigenvalue weighted by Gasteiger charge is -2.57. The van der Waals surface area contributed by atoms with Crippen LogP contribution in [0.3, 0.4) is 0 Å². The van der Waals surface area contributed by atoms with Gasteiger partial charge in [0.15, 0.2) is 9.84 Å². The first-order valence-corrected chi connectivity index (χ1v) is 10.9. The van der Waals surface area contributed by atoms with Gasteiger partial charge in [0.1, 0.15) is 5.54 Å². The predicted octanol–water partition coefficient (Wildman–Crippen LogP) is 2.06. The fraction of sp³-hybridized carbons (Fsp3) is 0.632. The Morgan fingerprint density at radius 2 is 1.93 bits per heavy atom. The topological polar surface area (TPSA) is 98.5 Å². The van der Waals surface area contributed by atoms with Gasteiger partial charge >= 0.3 is 0 Å². The number of sulfone groups is 1. The Hall–Kier alpha value is -1.15. The molecule has 1 saturated carbocycles. The van der Waals surface area contributed by atoms with Crippen LogP contribution in [0.5, 0.6) is 0 Å². The van der Waals surface area contributed by atoms with Crippen LogP contribution in [0.2, 0.25) is 0 Å². The van der Waals surface area contributed by atoms with Gasteiger partial charge in [-0.2, -0.15) is 0 Å². The summed E-state index contributed by atoms with van der Waals surface area (Å²) < 4.78 is 30.0. The van der Waals surface area contributed by atoms with Crippen LogP contribution < -0.4 is 11.1 Å². The monoisotopic (exact) mass is 418 g/mol. The van der Waals surface area contributed by atoms with Gasteiger partial charge in [0, 0.05) is 25.0 Å². The number of hydrogen-bond acceptors (Lipinski definition) is 5. The third-order valence-corrected chi connectivity index (χ3v) is 7.07. The summed E-state index contributed by atoms with van der Waals surface area (Å²) >= 11 is 0. The predicted molar refractivity (Wildman–Crippen MR) is 110 cm³/mol. The molecule has 2 unspecified atom stereocenters. The Morgan fingerprint density at radius 1 is 1.30 bits per heavy atom. The Labute approximate surface area is 168 Å². The fourth-order valence-electron chi connectivity index (χ4n) is 3.37. The largest absolute Gasteiger partial charge is 0.378 e. The van der Waals surface area contributed by atoms with E-state index in [4.69, 9.17) is 10.5 Å². The Kier molecular flexibility index (Phi) is 8.29. The molecule has 1 aromatic rings. The molecule has 1 fully saturated rings. The van der Waals surface area contributed by atoms with Crippen molar-refractivity contribution < 1.29 is 17.9 Å². The van der Waals surface area contributed by atoms with Crippen LogP contribution in [0.1, 0.15) is 39.2 Å². The van der Waals surface area contributed by atoms with E-state index in [2.05, 4.69) is 5.32 Å². The summed E-state index contributed by atoms with van der Waals surface area (Å²) in [6.45, 7) is 6.66. The molecule has 0 saturated heterocycles. The molecule has 8 heteroatoms. The molecule has 0 aromatic heterocycles. The molecule has 0 bridgehead atoms. The summed E-state index contributed by atoms with van der Waals surface area (Å²) in [6, 6.07) is 9.09. The standard InChI is InChI=1S/C19H30N2O4S.ClH/c1-4-25-16-13-19(20,18(16,2)3)17(22)21-11-8-12-26(23,24)14-15-9-6-5-7-10-15;/h5-7,9-10,16H,4,8,11-14,20H2,1-3H3,(H,21,22);1H. The first-order valence-electron chi connectivity index (χ1n) is 9.05. The highest BCUT2D eigenvalue weighted by Gasteiger charge is 2.62. The lowest BCUT2D eigenvalue weighted by Crippen LogP contribution is -2.75. The Bertz CT molecular complexity index is 724. The van der Waals surface area contributed by atoms with E-state index in [9.17, 15) is 13.2 Å². The van der Waals surface area contributed by atoms with E-state index in [-0.39, 0.29) is 35.9 Å². The van der Waals surface area contributed by atoms with Gasteiger partial charge in [0.2, 0.25) is 5.91 Å². The van der Waals surface area contributed by atoms with E-state index < -0.39 is 20.8 Å². The molecular formula is C19H31ClN2O4S. The Morgan fingerprint density at radius 3 is 2.48 bits per heavy atom. The summed E-state index contributed by atoms with van der Waals surface area (Å²) in [4.78, 5) is 12.5. The maximum Gasteiger partial charge on any atom is 0.240 e. The van der Waals surface area contributed by atoms with Crippen molar-refractivity contribution in [1.82, 2.24) is 5.32 Å². The van der Waals surface area contributed by atoms with Gasteiger partial charge in [-0.25, -0.2) is 8.42 Å². The smallest absolute Gasteiger partial charge is 0.240 e. The van der Waals surface area contributed by atoms with Crippen molar-refractivity contribution in [3.05, 3.63) is 35.9 Å². The quantitative estimate of drug-likeness (QED) is 0.598. The van der Waals surface area contributed by atoms with E-state index in [0.29, 0.717) is 26.0 Å². The minimum atomic E-state index is -3.20. The van der Waals surface area contributed by atoms with Crippen molar-refractivity contribution in [2.75, 3.05) is 18.9 Å². The van der Waals surface area contributed by atoms with Gasteiger partial charge in [0.05, 0.1) is 17.6 Å². The lowest BCUT2D eigenvalue weighted by atomic mass is 9.54. The average molecular weight is 419 g/mol. The van der Waals surface area contributed by atoms with Gasteiger partial charge in [-0.15, -0.1) is 12.4 Å². The number of amides is 1. The molecule has 3 N–H and O–H groups in total. The number of benzene rings is 1. The van der Waals surface area contributed by atoms with E-state index in [1.807, 2.05) is 39.0 Å². The molecule has 1 amide bonds. The number of hydrogen-bond donors (Lipinski definition) is 2. The van der Waals surface area contributed by atoms with Crippen molar-refractivity contribution in [2.24, 2.45) is 11.1 Å². The number of nitrogens with one attached hydrogen (secondary N) is 1. The molecule has 1 aliphatic carbocycles. The first kappa shape index (κ1) is 23.9. The zero-order chi connectivity index (χ0) is 19.4. The molecule has 0 aliphatic heterocycles. The second-order valence-corrected chi connectivity index (χ2v) is 9.71. The minimum Gasteiger partial charge on any atom is -0.378 e. The van der Waals surface area contributed by atoms with Gasteiger partial charge in [-0.3, -0.25) is 4.79 Å². The van der Waals surface area contributed by atoms with E-state index in [0.717, 1.165) is 5.56 Å². The molecule has 27 heavy (non-hydrogen) atoms. The van der Waals surface area contributed by atoms with Crippen molar-refractivity contribution in [1.29, 1.82) is 0 Å². The zero-order valence-electron chi connectivity index (χ0n) is 16.2. The van der Waals surface area contributed by atoms with Crippen molar-refractivity contribution in [2.45, 2.75) is 51.0 Å². The Balaban J connectivity index is 0.00000364. The highest BCUT2D eigenvalue weighted by Crippen LogP contribution is 2.49. The summed E-state index contributed by atoms with van der Waals surface area (Å²) in [5, 5.41) is 2.80. The van der Waals surface area contributed by atoms with Crippen LogP contribution >= 0.6 is 12.4 Å². The molecule has 6 nitrogen and oxygen atoms in total. The molecule has 2 rings (SSSR count). The van der Waals surface area contributed by atoms with Crippen LogP contribution in [0.25, 0.3) is 0 Å². The summed E-state index contributed by atoms with van der Waals surface area (Å²) in [5.74, 6) is -0.185. The molecule has 0 radical (unpaired) electrons. The molecule has 1 aromatic carbocycles. The van der Waals surface area contributed by atoms with Crippen molar-refractivity contribution in [3.8, 4) is 0 Å². The molecule has 2 atom stereocenters. The highest BCUT2D eigenvalue weighted by molar-refractivity contribution is 7.90. The van der Waals surface area contributed by atoms with Crippen molar-refractivity contribution in [3.63, 3.8) is 0 Å². The van der Waals surface area contributed by atoms with Gasteiger partial charge in [-0.1, -0.05) is 44.2 Å². The minimum absolute atomic E-state index is 0. The number of ether oxygens (including phenoxy) is 1. The van der Waals surface area contributed by atoms with Crippen LogP contribution in [-0.2, 0) is 25.1 Å². The molecular weight excluding hydrogens is 388 g/mol. The zero-order valence-corrected chi connectivity index (χ0v) is 17.9. The first-order chi connectivity index (χ1) is 12.1. The lowest BCUT2D eigenvalue weighted by molar-refractivity contribution is -0.170. The highest BCUT2D eigenvalue weighted by atomic mass is 35.5. The number of carbonyl (C=O) groups excluding carboxylic acids is 1. The molecule has 1 aliphatic rings. The second-order valence-electron chi connectivity index (χ2n) is 7.53. The van der Waals surface area contributed by atoms with Crippen LogP contribution in [0, 0.1) is 5.41 Å².